The topological polar surface area (TPSA) is 94.2 Å². The van der Waals surface area contributed by atoms with E-state index in [2.05, 4.69) is 5.32 Å². The average Bonchev–Trinajstić information content (AvgIpc) is 3.08. The molecule has 0 spiro atoms. The van der Waals surface area contributed by atoms with Crippen molar-refractivity contribution in [2.75, 3.05) is 33.0 Å². The van der Waals surface area contributed by atoms with Gasteiger partial charge < -0.3 is 24.4 Å². The van der Waals surface area contributed by atoms with Gasteiger partial charge in [-0.2, -0.15) is 0 Å². The van der Waals surface area contributed by atoms with E-state index in [-0.39, 0.29) is 37.5 Å². The van der Waals surface area contributed by atoms with E-state index in [9.17, 15) is 14.4 Å². The van der Waals surface area contributed by atoms with Crippen LogP contribution in [-0.2, 0) is 14.3 Å². The number of hydrogen-bond donors (Lipinski definition) is 1. The molecule has 1 aromatic carbocycles. The summed E-state index contributed by atoms with van der Waals surface area (Å²) in [7, 11) is 0. The molecule has 142 valence electrons. The van der Waals surface area contributed by atoms with Crippen molar-refractivity contribution < 1.29 is 28.6 Å². The maximum Gasteiger partial charge on any atom is 0.307 e. The minimum Gasteiger partial charge on any atom is -0.466 e. The average molecular weight is 364 g/mol. The summed E-state index contributed by atoms with van der Waals surface area (Å²) >= 11 is 0. The molecular formula is C18H24N2O6. The van der Waals surface area contributed by atoms with Crippen LogP contribution in [0.3, 0.4) is 0 Å². The SMILES string of the molecule is CCOC(=O)CCN(CCCNC(C)=O)C(=O)c1ccc2c(c1)OCO2. The summed E-state index contributed by atoms with van der Waals surface area (Å²) in [5, 5.41) is 2.69. The summed E-state index contributed by atoms with van der Waals surface area (Å²) in [5.74, 6) is 0.447. The van der Waals surface area contributed by atoms with Gasteiger partial charge in [-0.1, -0.05) is 0 Å². The van der Waals surface area contributed by atoms with Gasteiger partial charge in [-0.15, -0.1) is 0 Å². The highest BCUT2D eigenvalue weighted by Crippen LogP contribution is 2.32. The fraction of sp³-hybridized carbons (Fsp3) is 0.500. The molecule has 1 aromatic rings. The number of rotatable bonds is 9. The van der Waals surface area contributed by atoms with Crippen LogP contribution in [0, 0.1) is 0 Å². The molecule has 0 aromatic heterocycles. The van der Waals surface area contributed by atoms with Gasteiger partial charge in [-0.3, -0.25) is 14.4 Å². The molecule has 8 heteroatoms. The maximum absolute atomic E-state index is 12.8. The highest BCUT2D eigenvalue weighted by atomic mass is 16.7. The Kier molecular flexibility index (Phi) is 7.25. The molecule has 26 heavy (non-hydrogen) atoms. The molecule has 0 saturated heterocycles. The van der Waals surface area contributed by atoms with Gasteiger partial charge in [0, 0.05) is 32.1 Å². The maximum atomic E-state index is 12.8. The number of hydrogen-bond acceptors (Lipinski definition) is 6. The second kappa shape index (κ2) is 9.65. The van der Waals surface area contributed by atoms with E-state index in [0.29, 0.717) is 43.2 Å². The molecule has 0 aliphatic carbocycles. The summed E-state index contributed by atoms with van der Waals surface area (Å²) in [4.78, 5) is 37.0. The Bertz CT molecular complexity index is 661. The summed E-state index contributed by atoms with van der Waals surface area (Å²) in [6, 6.07) is 4.99. The second-order valence-electron chi connectivity index (χ2n) is 5.75. The Labute approximate surface area is 152 Å². The molecule has 1 N–H and O–H groups in total. The van der Waals surface area contributed by atoms with E-state index in [0.717, 1.165) is 0 Å². The summed E-state index contributed by atoms with van der Waals surface area (Å²) in [6.07, 6.45) is 0.697. The number of fused-ring (bicyclic) bond motifs is 1. The van der Waals surface area contributed by atoms with Crippen LogP contribution in [0.1, 0.15) is 37.0 Å². The monoisotopic (exact) mass is 364 g/mol. The number of benzene rings is 1. The number of carbonyl (C=O) groups is 3. The normalized spacial score (nSPS) is 11.8. The van der Waals surface area contributed by atoms with Gasteiger partial charge >= 0.3 is 5.97 Å². The van der Waals surface area contributed by atoms with Crippen LogP contribution in [0.15, 0.2) is 18.2 Å². The highest BCUT2D eigenvalue weighted by molar-refractivity contribution is 5.95. The van der Waals surface area contributed by atoms with Crippen LogP contribution in [0.4, 0.5) is 0 Å². The third-order valence-corrected chi connectivity index (χ3v) is 3.78. The molecule has 0 atom stereocenters. The molecular weight excluding hydrogens is 340 g/mol. The fourth-order valence-electron chi connectivity index (χ4n) is 2.52. The largest absolute Gasteiger partial charge is 0.466 e. The Balaban J connectivity index is 2.01. The van der Waals surface area contributed by atoms with Crippen molar-refractivity contribution in [3.8, 4) is 11.5 Å². The van der Waals surface area contributed by atoms with E-state index in [1.54, 1.807) is 30.0 Å². The second-order valence-corrected chi connectivity index (χ2v) is 5.75. The van der Waals surface area contributed by atoms with Crippen molar-refractivity contribution in [3.63, 3.8) is 0 Å². The zero-order valence-corrected chi connectivity index (χ0v) is 15.1. The van der Waals surface area contributed by atoms with Crippen LogP contribution in [-0.4, -0.2) is 55.7 Å². The number of nitrogens with one attached hydrogen (secondary N) is 1. The number of carbonyl (C=O) groups excluding carboxylic acids is 3. The zero-order chi connectivity index (χ0) is 18.9. The fourth-order valence-corrected chi connectivity index (χ4v) is 2.52. The summed E-state index contributed by atoms with van der Waals surface area (Å²) < 4.78 is 15.5. The quantitative estimate of drug-likeness (QED) is 0.525. The van der Waals surface area contributed by atoms with Crippen LogP contribution in [0.5, 0.6) is 11.5 Å². The lowest BCUT2D eigenvalue weighted by atomic mass is 10.1. The summed E-state index contributed by atoms with van der Waals surface area (Å²) in [6.45, 7) is 4.73. The molecule has 2 amide bonds. The smallest absolute Gasteiger partial charge is 0.307 e. The van der Waals surface area contributed by atoms with Crippen molar-refractivity contribution in [1.29, 1.82) is 0 Å². The molecule has 2 rings (SSSR count). The van der Waals surface area contributed by atoms with Crippen LogP contribution >= 0.6 is 0 Å². The van der Waals surface area contributed by atoms with Crippen molar-refractivity contribution in [2.45, 2.75) is 26.7 Å². The van der Waals surface area contributed by atoms with Gasteiger partial charge in [0.2, 0.25) is 12.7 Å². The first-order valence-electron chi connectivity index (χ1n) is 8.60. The van der Waals surface area contributed by atoms with Gasteiger partial charge in [0.1, 0.15) is 0 Å². The molecule has 1 aliphatic heterocycles. The minimum atomic E-state index is -0.349. The molecule has 0 unspecified atom stereocenters. The van der Waals surface area contributed by atoms with Gasteiger partial charge in [-0.25, -0.2) is 0 Å². The third kappa shape index (κ3) is 5.65. The summed E-state index contributed by atoms with van der Waals surface area (Å²) in [5.41, 5.74) is 0.456. The van der Waals surface area contributed by atoms with Crippen molar-refractivity contribution in [3.05, 3.63) is 23.8 Å². The molecule has 0 fully saturated rings. The van der Waals surface area contributed by atoms with E-state index in [1.165, 1.54) is 6.92 Å². The predicted octanol–water partition coefficient (Wildman–Crippen LogP) is 1.34. The molecule has 8 nitrogen and oxygen atoms in total. The Morgan fingerprint density at radius 1 is 1.19 bits per heavy atom. The van der Waals surface area contributed by atoms with Gasteiger partial charge in [-0.05, 0) is 31.5 Å². The third-order valence-electron chi connectivity index (χ3n) is 3.78. The molecule has 0 radical (unpaired) electrons. The number of nitrogens with zero attached hydrogens (tertiary/aromatic N) is 1. The first-order valence-corrected chi connectivity index (χ1v) is 8.60. The van der Waals surface area contributed by atoms with E-state index in [1.807, 2.05) is 0 Å². The first-order chi connectivity index (χ1) is 12.5. The Hall–Kier alpha value is -2.77. The van der Waals surface area contributed by atoms with E-state index < -0.39 is 0 Å². The highest BCUT2D eigenvalue weighted by Gasteiger charge is 2.21. The Morgan fingerprint density at radius 2 is 1.96 bits per heavy atom. The minimum absolute atomic E-state index is 0.115. The molecule has 1 aliphatic rings. The molecule has 0 saturated carbocycles. The van der Waals surface area contributed by atoms with E-state index >= 15 is 0 Å². The lowest BCUT2D eigenvalue weighted by Crippen LogP contribution is -2.36. The Morgan fingerprint density at radius 3 is 2.69 bits per heavy atom. The molecule has 1 heterocycles. The lowest BCUT2D eigenvalue weighted by Gasteiger charge is -2.22. The number of ether oxygens (including phenoxy) is 3. The van der Waals surface area contributed by atoms with Crippen molar-refractivity contribution >= 4 is 17.8 Å². The first kappa shape index (κ1) is 19.6. The molecule has 0 bridgehead atoms. The predicted molar refractivity (Wildman–Crippen MR) is 93.0 cm³/mol. The zero-order valence-electron chi connectivity index (χ0n) is 15.1. The number of esters is 1. The van der Waals surface area contributed by atoms with Crippen LogP contribution < -0.4 is 14.8 Å². The van der Waals surface area contributed by atoms with Crippen molar-refractivity contribution in [1.82, 2.24) is 10.2 Å². The van der Waals surface area contributed by atoms with Gasteiger partial charge in [0.25, 0.3) is 5.91 Å². The van der Waals surface area contributed by atoms with Crippen LogP contribution in [0.2, 0.25) is 0 Å². The lowest BCUT2D eigenvalue weighted by molar-refractivity contribution is -0.143. The van der Waals surface area contributed by atoms with Crippen molar-refractivity contribution in [2.24, 2.45) is 0 Å². The number of amides is 2. The van der Waals surface area contributed by atoms with E-state index in [4.69, 9.17) is 14.2 Å². The standard InChI is InChI=1S/C18H24N2O6/c1-3-24-17(22)7-10-20(9-4-8-19-13(2)21)18(23)14-5-6-15-16(11-14)26-12-25-15/h5-6,11H,3-4,7-10,12H2,1-2H3,(H,19,21). The van der Waals surface area contributed by atoms with Gasteiger partial charge in [0.05, 0.1) is 13.0 Å². The van der Waals surface area contributed by atoms with Crippen LogP contribution in [0.25, 0.3) is 0 Å². The van der Waals surface area contributed by atoms with Gasteiger partial charge in [0.15, 0.2) is 11.5 Å².